The lowest BCUT2D eigenvalue weighted by molar-refractivity contribution is 0.321. The van der Waals surface area contributed by atoms with Crippen LogP contribution in [0.3, 0.4) is 0 Å². The highest BCUT2D eigenvalue weighted by Crippen LogP contribution is 2.29. The molecule has 0 radical (unpaired) electrons. The molecule has 0 saturated heterocycles. The Balaban J connectivity index is 2.05. The molecule has 0 amide bonds. The molecule has 2 N–H and O–H groups in total. The molecule has 18 heavy (non-hydrogen) atoms. The molecular formula is C16H26N2. The van der Waals surface area contributed by atoms with Gasteiger partial charge in [0.1, 0.15) is 0 Å². The van der Waals surface area contributed by atoms with Crippen molar-refractivity contribution in [3.63, 3.8) is 0 Å². The highest BCUT2D eigenvalue weighted by molar-refractivity contribution is 5.53. The van der Waals surface area contributed by atoms with Crippen molar-refractivity contribution < 1.29 is 0 Å². The number of benzene rings is 1. The first-order valence-electron chi connectivity index (χ1n) is 7.25. The molecular weight excluding hydrogens is 220 g/mol. The number of hydrogen-bond acceptors (Lipinski definition) is 2. The highest BCUT2D eigenvalue weighted by Gasteiger charge is 2.20. The van der Waals surface area contributed by atoms with Crippen molar-refractivity contribution in [2.45, 2.75) is 45.1 Å². The van der Waals surface area contributed by atoms with Gasteiger partial charge in [0.25, 0.3) is 0 Å². The Morgan fingerprint density at radius 3 is 2.67 bits per heavy atom. The van der Waals surface area contributed by atoms with Crippen molar-refractivity contribution in [1.29, 1.82) is 0 Å². The summed E-state index contributed by atoms with van der Waals surface area (Å²) in [5, 5.41) is 0. The quantitative estimate of drug-likeness (QED) is 0.835. The van der Waals surface area contributed by atoms with Gasteiger partial charge in [-0.3, -0.25) is 0 Å². The lowest BCUT2D eigenvalue weighted by Gasteiger charge is -2.32. The smallest absolute Gasteiger partial charge is 0.0396 e. The third kappa shape index (κ3) is 3.26. The summed E-state index contributed by atoms with van der Waals surface area (Å²) in [5.74, 6) is 0.905. The third-order valence-electron chi connectivity index (χ3n) is 4.17. The van der Waals surface area contributed by atoms with Crippen LogP contribution in [0.5, 0.6) is 0 Å². The SMILES string of the molecule is CCC(N)Cc1ccccc1N(C)CC1CCC1. The topological polar surface area (TPSA) is 29.3 Å². The fourth-order valence-electron chi connectivity index (χ4n) is 2.64. The van der Waals surface area contributed by atoms with Gasteiger partial charge in [-0.25, -0.2) is 0 Å². The zero-order valence-electron chi connectivity index (χ0n) is 11.7. The summed E-state index contributed by atoms with van der Waals surface area (Å²) >= 11 is 0. The maximum Gasteiger partial charge on any atom is 0.0396 e. The second-order valence-electron chi connectivity index (χ2n) is 5.68. The van der Waals surface area contributed by atoms with Crippen LogP contribution in [0.15, 0.2) is 24.3 Å². The second-order valence-corrected chi connectivity index (χ2v) is 5.68. The molecule has 100 valence electrons. The van der Waals surface area contributed by atoms with E-state index in [9.17, 15) is 0 Å². The summed E-state index contributed by atoms with van der Waals surface area (Å²) in [6, 6.07) is 8.99. The fraction of sp³-hybridized carbons (Fsp3) is 0.625. The Labute approximate surface area is 111 Å². The van der Waals surface area contributed by atoms with E-state index in [4.69, 9.17) is 5.73 Å². The van der Waals surface area contributed by atoms with Crippen molar-refractivity contribution in [2.24, 2.45) is 11.7 Å². The molecule has 1 unspecified atom stereocenters. The molecule has 1 fully saturated rings. The predicted octanol–water partition coefficient (Wildman–Crippen LogP) is 3.20. The van der Waals surface area contributed by atoms with E-state index in [-0.39, 0.29) is 6.04 Å². The first kappa shape index (κ1) is 13.4. The van der Waals surface area contributed by atoms with Gasteiger partial charge in [0.15, 0.2) is 0 Å². The summed E-state index contributed by atoms with van der Waals surface area (Å²) in [7, 11) is 2.22. The van der Waals surface area contributed by atoms with E-state index in [0.29, 0.717) is 0 Å². The number of anilines is 1. The third-order valence-corrected chi connectivity index (χ3v) is 4.17. The first-order valence-corrected chi connectivity index (χ1v) is 7.25. The zero-order chi connectivity index (χ0) is 13.0. The number of hydrogen-bond donors (Lipinski definition) is 1. The van der Waals surface area contributed by atoms with Gasteiger partial charge in [-0.05, 0) is 43.2 Å². The highest BCUT2D eigenvalue weighted by atomic mass is 15.1. The normalized spacial score (nSPS) is 17.3. The van der Waals surface area contributed by atoms with E-state index in [0.717, 1.165) is 18.8 Å². The van der Waals surface area contributed by atoms with Gasteiger partial charge in [0.2, 0.25) is 0 Å². The van der Waals surface area contributed by atoms with Crippen LogP contribution < -0.4 is 10.6 Å². The Hall–Kier alpha value is -1.02. The van der Waals surface area contributed by atoms with Gasteiger partial charge in [0.05, 0.1) is 0 Å². The summed E-state index contributed by atoms with van der Waals surface area (Å²) < 4.78 is 0. The molecule has 1 aliphatic rings. The average molecular weight is 246 g/mol. The van der Waals surface area contributed by atoms with Crippen LogP contribution in [0.1, 0.15) is 38.2 Å². The largest absolute Gasteiger partial charge is 0.374 e. The lowest BCUT2D eigenvalue weighted by Crippen LogP contribution is -2.30. The molecule has 0 aromatic heterocycles. The van der Waals surface area contributed by atoms with Crippen LogP contribution in [-0.4, -0.2) is 19.6 Å². The Morgan fingerprint density at radius 1 is 1.33 bits per heavy atom. The Bertz CT molecular complexity index is 371. The van der Waals surface area contributed by atoms with Crippen LogP contribution in [0, 0.1) is 5.92 Å². The number of nitrogens with zero attached hydrogens (tertiary/aromatic N) is 1. The molecule has 0 aliphatic heterocycles. The van der Waals surface area contributed by atoms with Gasteiger partial charge in [-0.1, -0.05) is 31.5 Å². The molecule has 1 aromatic carbocycles. The van der Waals surface area contributed by atoms with Crippen molar-refractivity contribution in [3.8, 4) is 0 Å². The Kier molecular flexibility index (Phi) is 4.65. The minimum absolute atomic E-state index is 0.281. The van der Waals surface area contributed by atoms with Crippen molar-refractivity contribution in [2.75, 3.05) is 18.5 Å². The number of rotatable bonds is 6. The monoisotopic (exact) mass is 246 g/mol. The molecule has 0 spiro atoms. The summed E-state index contributed by atoms with van der Waals surface area (Å²) in [6.07, 6.45) is 6.26. The van der Waals surface area contributed by atoms with Crippen LogP contribution in [0.25, 0.3) is 0 Å². The molecule has 0 heterocycles. The van der Waals surface area contributed by atoms with Crippen molar-refractivity contribution in [3.05, 3.63) is 29.8 Å². The summed E-state index contributed by atoms with van der Waals surface area (Å²) in [6.45, 7) is 3.35. The van der Waals surface area contributed by atoms with E-state index in [1.165, 1.54) is 37.1 Å². The molecule has 2 nitrogen and oxygen atoms in total. The maximum atomic E-state index is 6.09. The molecule has 1 saturated carbocycles. The van der Waals surface area contributed by atoms with Gasteiger partial charge in [-0.15, -0.1) is 0 Å². The fourth-order valence-corrected chi connectivity index (χ4v) is 2.64. The lowest BCUT2D eigenvalue weighted by atomic mass is 9.85. The minimum atomic E-state index is 0.281. The van der Waals surface area contributed by atoms with Crippen LogP contribution in [-0.2, 0) is 6.42 Å². The molecule has 0 bridgehead atoms. The average Bonchev–Trinajstić information content (AvgIpc) is 2.34. The molecule has 1 aliphatic carbocycles. The first-order chi connectivity index (χ1) is 8.70. The minimum Gasteiger partial charge on any atom is -0.374 e. The summed E-state index contributed by atoms with van der Waals surface area (Å²) in [5.41, 5.74) is 8.86. The van der Waals surface area contributed by atoms with Crippen LogP contribution in [0.4, 0.5) is 5.69 Å². The van der Waals surface area contributed by atoms with E-state index in [2.05, 4.69) is 43.1 Å². The van der Waals surface area contributed by atoms with E-state index < -0.39 is 0 Å². The zero-order valence-corrected chi connectivity index (χ0v) is 11.7. The Morgan fingerprint density at radius 2 is 2.06 bits per heavy atom. The molecule has 1 aromatic rings. The second kappa shape index (κ2) is 6.24. The van der Waals surface area contributed by atoms with E-state index >= 15 is 0 Å². The van der Waals surface area contributed by atoms with Gasteiger partial charge in [-0.2, -0.15) is 0 Å². The van der Waals surface area contributed by atoms with Gasteiger partial charge < -0.3 is 10.6 Å². The van der Waals surface area contributed by atoms with Gasteiger partial charge >= 0.3 is 0 Å². The number of nitrogens with two attached hydrogens (primary N) is 1. The predicted molar refractivity (Wildman–Crippen MR) is 79.0 cm³/mol. The van der Waals surface area contributed by atoms with Crippen molar-refractivity contribution in [1.82, 2.24) is 0 Å². The molecule has 2 rings (SSSR count). The maximum absolute atomic E-state index is 6.09. The van der Waals surface area contributed by atoms with Crippen LogP contribution >= 0.6 is 0 Å². The molecule has 2 heteroatoms. The summed E-state index contributed by atoms with van der Waals surface area (Å²) in [4.78, 5) is 2.42. The van der Waals surface area contributed by atoms with Crippen molar-refractivity contribution >= 4 is 5.69 Å². The van der Waals surface area contributed by atoms with Crippen LogP contribution in [0.2, 0.25) is 0 Å². The standard InChI is InChI=1S/C16H26N2/c1-3-15(17)11-14-9-4-5-10-16(14)18(2)12-13-7-6-8-13/h4-5,9-10,13,15H,3,6-8,11-12,17H2,1-2H3. The van der Waals surface area contributed by atoms with E-state index in [1.807, 2.05) is 0 Å². The van der Waals surface area contributed by atoms with E-state index in [1.54, 1.807) is 0 Å². The van der Waals surface area contributed by atoms with Gasteiger partial charge in [0, 0.05) is 25.3 Å². The molecule has 1 atom stereocenters. The number of para-hydroxylation sites is 1.